The Morgan fingerprint density at radius 1 is 1.26 bits per heavy atom. The maximum Gasteiger partial charge on any atom is 0.328 e. The summed E-state index contributed by atoms with van der Waals surface area (Å²) in [5.41, 5.74) is 7.47. The number of hydrogen-bond donors (Lipinski definition) is 3. The first-order valence-electron chi connectivity index (χ1n) is 10.9. The second-order valence-corrected chi connectivity index (χ2v) is 9.81. The number of nitrogen functional groups attached to an aromatic ring is 1. The van der Waals surface area contributed by atoms with Gasteiger partial charge in [-0.15, -0.1) is 11.3 Å². The number of rotatable bonds is 11. The van der Waals surface area contributed by atoms with E-state index in [0.717, 1.165) is 0 Å². The SMILES string of the molecule is CSCC[C@H](NC(=O)c1ccc(NC(=O)Cc2csc(N)n2)cc1-c1ccco1)C(=O)OC(C)C. The van der Waals surface area contributed by atoms with Gasteiger partial charge in [0.2, 0.25) is 5.91 Å². The quantitative estimate of drug-likeness (QED) is 0.326. The third-order valence-corrected chi connectivity index (χ3v) is 6.16. The molecule has 4 N–H and O–H groups in total. The first-order valence-corrected chi connectivity index (χ1v) is 13.2. The van der Waals surface area contributed by atoms with Gasteiger partial charge in [-0.1, -0.05) is 0 Å². The van der Waals surface area contributed by atoms with Crippen molar-refractivity contribution in [2.24, 2.45) is 0 Å². The van der Waals surface area contributed by atoms with E-state index in [4.69, 9.17) is 14.9 Å². The van der Waals surface area contributed by atoms with Crippen molar-refractivity contribution in [3.8, 4) is 11.3 Å². The molecule has 0 aliphatic carbocycles. The van der Waals surface area contributed by atoms with E-state index in [0.29, 0.717) is 45.6 Å². The second-order valence-electron chi connectivity index (χ2n) is 7.93. The zero-order valence-electron chi connectivity index (χ0n) is 19.7. The highest BCUT2D eigenvalue weighted by atomic mass is 32.2. The summed E-state index contributed by atoms with van der Waals surface area (Å²) in [6.45, 7) is 3.52. The summed E-state index contributed by atoms with van der Waals surface area (Å²) < 4.78 is 10.8. The number of nitrogens with two attached hydrogens (primary N) is 1. The molecule has 0 aliphatic heterocycles. The molecule has 186 valence electrons. The number of thiazole rings is 1. The maximum atomic E-state index is 13.2. The van der Waals surface area contributed by atoms with Crippen LogP contribution in [0.5, 0.6) is 0 Å². The number of benzene rings is 1. The third-order valence-electron chi connectivity index (χ3n) is 4.80. The molecule has 11 heteroatoms. The van der Waals surface area contributed by atoms with E-state index >= 15 is 0 Å². The Bertz CT molecular complexity index is 1160. The average molecular weight is 517 g/mol. The standard InChI is InChI=1S/C24H28N4O5S2/c1-14(2)33-23(31)19(8-10-34-3)28-22(30)17-7-6-15(11-18(17)20-5-4-9-32-20)26-21(29)12-16-13-35-24(25)27-16/h4-7,9,11,13-14,19H,8,10,12H2,1-3H3,(H2,25,27)(H,26,29)(H,28,30)/t19-/m0/s1. The van der Waals surface area contributed by atoms with Gasteiger partial charge in [-0.25, -0.2) is 9.78 Å². The van der Waals surface area contributed by atoms with Gasteiger partial charge >= 0.3 is 5.97 Å². The number of nitrogens with zero attached hydrogens (tertiary/aromatic N) is 1. The number of anilines is 2. The van der Waals surface area contributed by atoms with Crippen LogP contribution in [0.15, 0.2) is 46.4 Å². The van der Waals surface area contributed by atoms with Crippen LogP contribution in [0.1, 0.15) is 36.3 Å². The summed E-state index contributed by atoms with van der Waals surface area (Å²) in [5, 5.41) is 7.74. The molecule has 3 rings (SSSR count). The van der Waals surface area contributed by atoms with Gasteiger partial charge in [0.15, 0.2) is 5.13 Å². The van der Waals surface area contributed by atoms with E-state index in [1.165, 1.54) is 17.6 Å². The van der Waals surface area contributed by atoms with Crippen LogP contribution < -0.4 is 16.4 Å². The molecule has 0 radical (unpaired) electrons. The summed E-state index contributed by atoms with van der Waals surface area (Å²) in [5.74, 6) is -0.0679. The van der Waals surface area contributed by atoms with E-state index in [2.05, 4.69) is 15.6 Å². The lowest BCUT2D eigenvalue weighted by atomic mass is 10.0. The highest BCUT2D eigenvalue weighted by molar-refractivity contribution is 7.98. The van der Waals surface area contributed by atoms with Gasteiger partial charge in [-0.3, -0.25) is 9.59 Å². The maximum absolute atomic E-state index is 13.2. The molecule has 9 nitrogen and oxygen atoms in total. The monoisotopic (exact) mass is 516 g/mol. The fourth-order valence-electron chi connectivity index (χ4n) is 3.26. The van der Waals surface area contributed by atoms with Gasteiger partial charge in [0.25, 0.3) is 5.91 Å². The number of amides is 2. The highest BCUT2D eigenvalue weighted by Gasteiger charge is 2.25. The molecule has 0 spiro atoms. The molecule has 0 saturated heterocycles. The zero-order valence-corrected chi connectivity index (χ0v) is 21.3. The average Bonchev–Trinajstić information content (AvgIpc) is 3.47. The van der Waals surface area contributed by atoms with Crippen LogP contribution in [0.3, 0.4) is 0 Å². The van der Waals surface area contributed by atoms with Gasteiger partial charge in [-0.05, 0) is 62.6 Å². The molecule has 35 heavy (non-hydrogen) atoms. The van der Waals surface area contributed by atoms with Gasteiger partial charge in [0, 0.05) is 16.6 Å². The van der Waals surface area contributed by atoms with Crippen LogP contribution in [0.25, 0.3) is 11.3 Å². The number of carbonyl (C=O) groups excluding carboxylic acids is 3. The Kier molecular flexibility index (Phi) is 9.32. The Balaban J connectivity index is 1.81. The first kappa shape index (κ1) is 26.3. The molecular formula is C24H28N4O5S2. The number of carbonyl (C=O) groups is 3. The van der Waals surface area contributed by atoms with Crippen LogP contribution in [0.2, 0.25) is 0 Å². The van der Waals surface area contributed by atoms with Crippen molar-refractivity contribution < 1.29 is 23.5 Å². The van der Waals surface area contributed by atoms with Crippen molar-refractivity contribution in [3.05, 3.63) is 53.2 Å². The fourth-order valence-corrected chi connectivity index (χ4v) is 4.30. The van der Waals surface area contributed by atoms with E-state index in [1.807, 2.05) is 6.26 Å². The normalized spacial score (nSPS) is 11.8. The number of furan rings is 1. The molecule has 0 aliphatic rings. The Morgan fingerprint density at radius 3 is 2.69 bits per heavy atom. The fraction of sp³-hybridized carbons (Fsp3) is 0.333. The lowest BCUT2D eigenvalue weighted by Gasteiger charge is -2.20. The summed E-state index contributed by atoms with van der Waals surface area (Å²) in [7, 11) is 0. The summed E-state index contributed by atoms with van der Waals surface area (Å²) >= 11 is 2.84. The Morgan fingerprint density at radius 2 is 2.06 bits per heavy atom. The molecular weight excluding hydrogens is 488 g/mol. The molecule has 1 aromatic carbocycles. The van der Waals surface area contributed by atoms with Crippen molar-refractivity contribution in [2.45, 2.75) is 38.8 Å². The summed E-state index contributed by atoms with van der Waals surface area (Å²) in [6, 6.07) is 7.50. The minimum absolute atomic E-state index is 0.0705. The number of esters is 1. The second kappa shape index (κ2) is 12.4. The van der Waals surface area contributed by atoms with Crippen molar-refractivity contribution in [2.75, 3.05) is 23.1 Å². The van der Waals surface area contributed by atoms with Crippen LogP contribution in [-0.4, -0.2) is 46.9 Å². The molecule has 1 atom stereocenters. The third kappa shape index (κ3) is 7.59. The molecule has 0 unspecified atom stereocenters. The molecule has 0 saturated carbocycles. The molecule has 3 aromatic rings. The summed E-state index contributed by atoms with van der Waals surface area (Å²) in [6.07, 6.45) is 3.64. The van der Waals surface area contributed by atoms with Gasteiger partial charge in [-0.2, -0.15) is 11.8 Å². The molecule has 2 amide bonds. The van der Waals surface area contributed by atoms with Gasteiger partial charge in [0.1, 0.15) is 11.8 Å². The number of nitrogens with one attached hydrogen (secondary N) is 2. The topological polar surface area (TPSA) is 137 Å². The van der Waals surface area contributed by atoms with Crippen LogP contribution in [0.4, 0.5) is 10.8 Å². The predicted octanol–water partition coefficient (Wildman–Crippen LogP) is 3.97. The van der Waals surface area contributed by atoms with Crippen molar-refractivity contribution in [3.63, 3.8) is 0 Å². The number of thioether (sulfide) groups is 1. The number of hydrogen-bond acceptors (Lipinski definition) is 9. The highest BCUT2D eigenvalue weighted by Crippen LogP contribution is 2.28. The minimum atomic E-state index is -0.785. The smallest absolute Gasteiger partial charge is 0.328 e. The predicted molar refractivity (Wildman–Crippen MR) is 138 cm³/mol. The van der Waals surface area contributed by atoms with Gasteiger partial charge < -0.3 is 25.5 Å². The number of aromatic nitrogens is 1. The van der Waals surface area contributed by atoms with Crippen molar-refractivity contribution in [1.29, 1.82) is 0 Å². The van der Waals surface area contributed by atoms with Crippen LogP contribution >= 0.6 is 23.1 Å². The van der Waals surface area contributed by atoms with Gasteiger partial charge in [0.05, 0.1) is 30.0 Å². The molecule has 0 fully saturated rings. The Hall–Kier alpha value is -3.31. The molecule has 0 bridgehead atoms. The molecule has 2 heterocycles. The largest absolute Gasteiger partial charge is 0.464 e. The van der Waals surface area contributed by atoms with E-state index in [9.17, 15) is 14.4 Å². The Labute approximate surface area is 211 Å². The van der Waals surface area contributed by atoms with Crippen LogP contribution in [-0.2, 0) is 20.7 Å². The minimum Gasteiger partial charge on any atom is -0.464 e. The number of ether oxygens (including phenoxy) is 1. The molecule has 2 aromatic heterocycles. The van der Waals surface area contributed by atoms with E-state index < -0.39 is 17.9 Å². The van der Waals surface area contributed by atoms with E-state index in [-0.39, 0.29) is 18.4 Å². The summed E-state index contributed by atoms with van der Waals surface area (Å²) in [4.78, 5) is 42.3. The van der Waals surface area contributed by atoms with E-state index in [1.54, 1.807) is 61.3 Å². The van der Waals surface area contributed by atoms with Crippen molar-refractivity contribution >= 4 is 51.7 Å². The lowest BCUT2D eigenvalue weighted by Crippen LogP contribution is -2.43. The van der Waals surface area contributed by atoms with Crippen molar-refractivity contribution in [1.82, 2.24) is 10.3 Å². The zero-order chi connectivity index (χ0) is 25.4. The lowest BCUT2D eigenvalue weighted by molar-refractivity contribution is -0.149. The van der Waals surface area contributed by atoms with Crippen LogP contribution in [0, 0.1) is 0 Å². The first-order chi connectivity index (χ1) is 16.8.